The molecule has 1 heterocycles. The number of fused-ring (bicyclic) bond motifs is 1. The first kappa shape index (κ1) is 30.9. The minimum atomic E-state index is -0.592. The molecule has 5 nitrogen and oxygen atoms in total. The number of hydrogen-bond donors (Lipinski definition) is 1. The van der Waals surface area contributed by atoms with Gasteiger partial charge in [-0.3, -0.25) is 15.0 Å². The van der Waals surface area contributed by atoms with E-state index in [2.05, 4.69) is 21.6 Å². The number of benzene rings is 3. The first-order chi connectivity index (χ1) is 20.7. The number of rotatable bonds is 9. The minimum absolute atomic E-state index is 0.00429. The molecular weight excluding hydrogens is 591 g/mol. The van der Waals surface area contributed by atoms with Crippen LogP contribution in [0, 0.1) is 24.4 Å². The highest BCUT2D eigenvalue weighted by atomic mass is 35.5. The molecule has 0 fully saturated rings. The summed E-state index contributed by atoms with van der Waals surface area (Å²) in [5, 5.41) is 5.37. The van der Waals surface area contributed by atoms with Gasteiger partial charge in [0.05, 0.1) is 11.4 Å². The number of imidazole rings is 1. The first-order valence-corrected chi connectivity index (χ1v) is 15.6. The molecule has 1 unspecified atom stereocenters. The fourth-order valence-corrected chi connectivity index (χ4v) is 6.49. The summed E-state index contributed by atoms with van der Waals surface area (Å²) in [4.78, 5) is 8.92. The van der Waals surface area contributed by atoms with Gasteiger partial charge in [0, 0.05) is 41.2 Å². The van der Waals surface area contributed by atoms with Crippen LogP contribution in [0.25, 0.3) is 5.69 Å². The Morgan fingerprint density at radius 1 is 1.12 bits per heavy atom. The third kappa shape index (κ3) is 7.16. The van der Waals surface area contributed by atoms with Gasteiger partial charge < -0.3 is 0 Å². The number of hydrogen-bond acceptors (Lipinski definition) is 4. The van der Waals surface area contributed by atoms with Crippen molar-refractivity contribution >= 4 is 35.4 Å². The molecule has 3 aromatic carbocycles. The Bertz CT molecular complexity index is 1640. The molecule has 1 atom stereocenters. The Labute approximate surface area is 259 Å². The van der Waals surface area contributed by atoms with E-state index in [-0.39, 0.29) is 23.1 Å². The molecule has 1 N–H and O–H groups in total. The van der Waals surface area contributed by atoms with E-state index in [9.17, 15) is 4.39 Å². The van der Waals surface area contributed by atoms with Crippen LogP contribution in [0.15, 0.2) is 69.8 Å². The second-order valence-electron chi connectivity index (χ2n) is 10.6. The molecule has 0 saturated carbocycles. The van der Waals surface area contributed by atoms with Gasteiger partial charge in [-0.05, 0) is 105 Å². The van der Waals surface area contributed by atoms with Gasteiger partial charge >= 0.3 is 0 Å². The predicted molar refractivity (Wildman–Crippen MR) is 169 cm³/mol. The highest BCUT2D eigenvalue weighted by molar-refractivity contribution is 7.98. The second kappa shape index (κ2) is 13.8. The fraction of sp³-hybridized carbons (Fsp3) is 0.303. The standard InChI is InChI=1S/C33H33ClF3N5S/c1-20-16-23(9-14-28(20)34)26-7-4-8-31-32(26)42(25-12-10-24(35)11-13-25)33(40-31)43-19-27-29(36)17-22(18-30(27)37)6-5-15-39-41-21(2)38-3/h9-18,26H,4-8,19H2,1-3H3,(H,38,41)/b39-15+. The second-order valence-corrected chi connectivity index (χ2v) is 11.9. The number of hydrazone groups is 1. The van der Waals surface area contributed by atoms with Crippen molar-refractivity contribution in [3.8, 4) is 5.69 Å². The number of aliphatic imine (C=N–C) groups is 1. The normalized spacial score (nSPS) is 15.2. The summed E-state index contributed by atoms with van der Waals surface area (Å²) >= 11 is 7.60. The van der Waals surface area contributed by atoms with Gasteiger partial charge in [0.2, 0.25) is 0 Å². The van der Waals surface area contributed by atoms with Crippen molar-refractivity contribution < 1.29 is 13.2 Å². The van der Waals surface area contributed by atoms with Gasteiger partial charge in [-0.15, -0.1) is 0 Å². The van der Waals surface area contributed by atoms with Crippen molar-refractivity contribution in [1.82, 2.24) is 15.0 Å². The molecule has 1 aliphatic rings. The van der Waals surface area contributed by atoms with Crippen molar-refractivity contribution in [1.29, 1.82) is 0 Å². The predicted octanol–water partition coefficient (Wildman–Crippen LogP) is 8.57. The van der Waals surface area contributed by atoms with E-state index in [1.807, 2.05) is 23.6 Å². The van der Waals surface area contributed by atoms with Gasteiger partial charge in [0.1, 0.15) is 23.3 Å². The molecule has 0 spiro atoms. The highest BCUT2D eigenvalue weighted by Crippen LogP contribution is 2.42. The first-order valence-electron chi connectivity index (χ1n) is 14.2. The number of nitrogens with zero attached hydrogens (tertiary/aromatic N) is 4. The van der Waals surface area contributed by atoms with E-state index >= 15 is 8.78 Å². The molecule has 0 radical (unpaired) electrons. The van der Waals surface area contributed by atoms with E-state index in [0.29, 0.717) is 34.4 Å². The summed E-state index contributed by atoms with van der Waals surface area (Å²) in [6.07, 6.45) is 5.29. The zero-order valence-electron chi connectivity index (χ0n) is 24.3. The average Bonchev–Trinajstić information content (AvgIpc) is 3.36. The number of nitrogens with one attached hydrogen (secondary N) is 1. The lowest BCUT2D eigenvalue weighted by Crippen LogP contribution is -2.15. The molecule has 0 saturated heterocycles. The van der Waals surface area contributed by atoms with Crippen LogP contribution in [-0.4, -0.2) is 28.6 Å². The average molecular weight is 624 g/mol. The zero-order valence-corrected chi connectivity index (χ0v) is 25.9. The van der Waals surface area contributed by atoms with Crippen molar-refractivity contribution in [3.05, 3.63) is 111 Å². The van der Waals surface area contributed by atoms with E-state index in [1.165, 1.54) is 36.0 Å². The van der Waals surface area contributed by atoms with Crippen LogP contribution < -0.4 is 5.43 Å². The van der Waals surface area contributed by atoms with Gasteiger partial charge in [0.25, 0.3) is 0 Å². The maximum Gasteiger partial charge on any atom is 0.173 e. The van der Waals surface area contributed by atoms with Crippen LogP contribution >= 0.6 is 23.4 Å². The zero-order chi connectivity index (χ0) is 30.5. The van der Waals surface area contributed by atoms with Crippen LogP contribution in [0.4, 0.5) is 13.2 Å². The molecule has 10 heteroatoms. The molecule has 1 aliphatic carbocycles. The fourth-order valence-electron chi connectivity index (χ4n) is 5.31. The summed E-state index contributed by atoms with van der Waals surface area (Å²) in [5.41, 5.74) is 8.17. The van der Waals surface area contributed by atoms with Crippen molar-refractivity contribution in [2.45, 2.75) is 62.8 Å². The van der Waals surface area contributed by atoms with E-state index < -0.39 is 11.6 Å². The van der Waals surface area contributed by atoms with E-state index in [1.54, 1.807) is 32.3 Å². The SMILES string of the molecule is CN=C(C)N/N=C/CCc1cc(F)c(CSc2nc3c(n2-c2ccc(F)cc2)C(c2ccc(Cl)c(C)c2)CCC3)c(F)c1. The van der Waals surface area contributed by atoms with Gasteiger partial charge in [-0.1, -0.05) is 35.5 Å². The quantitative estimate of drug-likeness (QED) is 0.0879. The monoisotopic (exact) mass is 623 g/mol. The molecule has 1 aromatic heterocycles. The maximum atomic E-state index is 15.2. The van der Waals surface area contributed by atoms with E-state index in [4.69, 9.17) is 16.6 Å². The molecule has 4 aromatic rings. The Balaban J connectivity index is 1.42. The lowest BCUT2D eigenvalue weighted by Gasteiger charge is -2.25. The third-order valence-electron chi connectivity index (χ3n) is 7.63. The lowest BCUT2D eigenvalue weighted by atomic mass is 9.83. The molecule has 0 aliphatic heterocycles. The summed E-state index contributed by atoms with van der Waals surface area (Å²) < 4.78 is 46.3. The van der Waals surface area contributed by atoms with Crippen molar-refractivity contribution in [2.24, 2.45) is 10.1 Å². The van der Waals surface area contributed by atoms with Gasteiger partial charge in [-0.25, -0.2) is 18.2 Å². The van der Waals surface area contributed by atoms with Crippen LogP contribution in [0.5, 0.6) is 0 Å². The molecule has 0 amide bonds. The number of halogens is 4. The van der Waals surface area contributed by atoms with Crippen molar-refractivity contribution in [3.63, 3.8) is 0 Å². The number of aromatic nitrogens is 2. The minimum Gasteiger partial charge on any atom is -0.291 e. The van der Waals surface area contributed by atoms with Crippen LogP contribution in [-0.2, 0) is 18.6 Å². The lowest BCUT2D eigenvalue weighted by molar-refractivity contribution is 0.562. The smallest absolute Gasteiger partial charge is 0.173 e. The van der Waals surface area contributed by atoms with Crippen molar-refractivity contribution in [2.75, 3.05) is 7.05 Å². The number of thioether (sulfide) groups is 1. The molecular formula is C33H33ClF3N5S. The van der Waals surface area contributed by atoms with Crippen LogP contribution in [0.1, 0.15) is 65.7 Å². The highest BCUT2D eigenvalue weighted by Gasteiger charge is 2.30. The maximum absolute atomic E-state index is 15.2. The van der Waals surface area contributed by atoms with Gasteiger partial charge in [-0.2, -0.15) is 5.10 Å². The van der Waals surface area contributed by atoms with E-state index in [0.717, 1.165) is 47.5 Å². The molecule has 0 bridgehead atoms. The molecule has 224 valence electrons. The third-order valence-corrected chi connectivity index (χ3v) is 9.01. The molecule has 43 heavy (non-hydrogen) atoms. The summed E-state index contributed by atoms with van der Waals surface area (Å²) in [7, 11) is 1.66. The topological polar surface area (TPSA) is 54.6 Å². The largest absolute Gasteiger partial charge is 0.291 e. The Morgan fingerprint density at radius 3 is 2.56 bits per heavy atom. The Kier molecular flexibility index (Phi) is 9.93. The number of amidine groups is 1. The Hall–Kier alpha value is -3.56. The Morgan fingerprint density at radius 2 is 1.86 bits per heavy atom. The van der Waals surface area contributed by atoms with Crippen LogP contribution in [0.3, 0.4) is 0 Å². The summed E-state index contributed by atoms with van der Waals surface area (Å²) in [6, 6.07) is 15.1. The summed E-state index contributed by atoms with van der Waals surface area (Å²) in [5.74, 6) is -0.742. The summed E-state index contributed by atoms with van der Waals surface area (Å²) in [6.45, 7) is 3.77. The number of aryl methyl sites for hydroxylation is 3. The van der Waals surface area contributed by atoms with Gasteiger partial charge in [0.15, 0.2) is 5.16 Å². The van der Waals surface area contributed by atoms with Crippen LogP contribution in [0.2, 0.25) is 5.02 Å². The molecule has 5 rings (SSSR count).